The van der Waals surface area contributed by atoms with Crippen molar-refractivity contribution in [1.29, 1.82) is 0 Å². The zero-order valence-corrected chi connectivity index (χ0v) is 11.4. The summed E-state index contributed by atoms with van der Waals surface area (Å²) in [7, 11) is 0. The molecular weight excluding hydrogens is 256 g/mol. The highest BCUT2D eigenvalue weighted by atomic mass is 19.1. The van der Waals surface area contributed by atoms with E-state index in [1.165, 1.54) is 23.3 Å². The Kier molecular flexibility index (Phi) is 3.43. The molecule has 1 aliphatic rings. The minimum absolute atomic E-state index is 0.294. The second-order valence-corrected chi connectivity index (χ2v) is 5.58. The van der Waals surface area contributed by atoms with Crippen molar-refractivity contribution >= 4 is 5.69 Å². The highest BCUT2D eigenvalue weighted by Crippen LogP contribution is 2.38. The molecule has 0 amide bonds. The number of hydrogen-bond acceptors (Lipinski definition) is 1. The Morgan fingerprint density at radius 1 is 0.950 bits per heavy atom. The number of aryl methyl sites for hydroxylation is 1. The molecule has 1 N–H and O–H groups in total. The van der Waals surface area contributed by atoms with Gasteiger partial charge in [-0.05, 0) is 43.4 Å². The third kappa shape index (κ3) is 2.82. The lowest BCUT2D eigenvalue weighted by Crippen LogP contribution is -2.34. The molecule has 2 aromatic carbocycles. The summed E-state index contributed by atoms with van der Waals surface area (Å²) >= 11 is 0. The smallest absolute Gasteiger partial charge is 0.128 e. The van der Waals surface area contributed by atoms with Gasteiger partial charge in [0.25, 0.3) is 0 Å². The lowest BCUT2D eigenvalue weighted by molar-refractivity contribution is 0.374. The Morgan fingerprint density at radius 2 is 1.55 bits per heavy atom. The molecule has 1 nitrogen and oxygen atoms in total. The van der Waals surface area contributed by atoms with Crippen molar-refractivity contribution in [2.75, 3.05) is 5.32 Å². The highest BCUT2D eigenvalue weighted by Gasteiger charge is 2.30. The van der Waals surface area contributed by atoms with Crippen LogP contribution in [0.15, 0.2) is 42.5 Å². The summed E-state index contributed by atoms with van der Waals surface area (Å²) in [5, 5.41) is 3.19. The first-order valence-electron chi connectivity index (χ1n) is 6.89. The van der Waals surface area contributed by atoms with E-state index in [0.29, 0.717) is 17.6 Å². The predicted octanol–water partition coefficient (Wildman–Crippen LogP) is 4.63. The largest absolute Gasteiger partial charge is 0.382 e. The lowest BCUT2D eigenvalue weighted by Gasteiger charge is -2.37. The zero-order valence-electron chi connectivity index (χ0n) is 11.4. The molecule has 1 fully saturated rings. The lowest BCUT2D eigenvalue weighted by atomic mass is 9.75. The SMILES string of the molecule is Cc1ccc(C2CC(Nc3cc(F)cc(F)c3)C2)cc1. The molecule has 0 heterocycles. The number of benzene rings is 2. The van der Waals surface area contributed by atoms with E-state index in [9.17, 15) is 8.78 Å². The van der Waals surface area contributed by atoms with E-state index < -0.39 is 11.6 Å². The van der Waals surface area contributed by atoms with E-state index in [-0.39, 0.29) is 0 Å². The van der Waals surface area contributed by atoms with Crippen LogP contribution in [-0.2, 0) is 0 Å². The summed E-state index contributed by atoms with van der Waals surface area (Å²) in [5.74, 6) is -0.532. The zero-order chi connectivity index (χ0) is 14.1. The normalized spacial score (nSPS) is 21.4. The quantitative estimate of drug-likeness (QED) is 0.859. The van der Waals surface area contributed by atoms with Crippen LogP contribution in [-0.4, -0.2) is 6.04 Å². The van der Waals surface area contributed by atoms with Crippen LogP contribution in [0.25, 0.3) is 0 Å². The van der Waals surface area contributed by atoms with Crippen LogP contribution in [0.2, 0.25) is 0 Å². The van der Waals surface area contributed by atoms with Crippen molar-refractivity contribution in [3.63, 3.8) is 0 Å². The van der Waals surface area contributed by atoms with Crippen LogP contribution in [0, 0.1) is 18.6 Å². The van der Waals surface area contributed by atoms with Crippen molar-refractivity contribution in [2.45, 2.75) is 31.7 Å². The number of hydrogen-bond donors (Lipinski definition) is 1. The van der Waals surface area contributed by atoms with Gasteiger partial charge in [0.05, 0.1) is 0 Å². The molecule has 0 aliphatic heterocycles. The van der Waals surface area contributed by atoms with Gasteiger partial charge in [0.1, 0.15) is 11.6 Å². The Hall–Kier alpha value is -1.90. The van der Waals surface area contributed by atoms with Crippen LogP contribution >= 0.6 is 0 Å². The van der Waals surface area contributed by atoms with Gasteiger partial charge in [0.15, 0.2) is 0 Å². The van der Waals surface area contributed by atoms with Gasteiger partial charge >= 0.3 is 0 Å². The number of halogens is 2. The molecule has 0 unspecified atom stereocenters. The molecule has 0 spiro atoms. The second kappa shape index (κ2) is 5.23. The van der Waals surface area contributed by atoms with Crippen molar-refractivity contribution in [3.05, 3.63) is 65.2 Å². The second-order valence-electron chi connectivity index (χ2n) is 5.58. The third-order valence-corrected chi connectivity index (χ3v) is 3.92. The summed E-state index contributed by atoms with van der Waals surface area (Å²) in [4.78, 5) is 0. The van der Waals surface area contributed by atoms with E-state index in [2.05, 4.69) is 36.5 Å². The topological polar surface area (TPSA) is 12.0 Å². The Balaban J connectivity index is 1.59. The monoisotopic (exact) mass is 273 g/mol. The molecule has 1 aliphatic carbocycles. The molecule has 0 bridgehead atoms. The van der Waals surface area contributed by atoms with Crippen molar-refractivity contribution < 1.29 is 8.78 Å². The van der Waals surface area contributed by atoms with Crippen molar-refractivity contribution in [2.24, 2.45) is 0 Å². The molecule has 0 atom stereocenters. The predicted molar refractivity (Wildman–Crippen MR) is 76.9 cm³/mol. The summed E-state index contributed by atoms with van der Waals surface area (Å²) < 4.78 is 26.2. The minimum atomic E-state index is -0.540. The highest BCUT2D eigenvalue weighted by molar-refractivity contribution is 5.45. The fourth-order valence-corrected chi connectivity index (χ4v) is 2.72. The van der Waals surface area contributed by atoms with Crippen molar-refractivity contribution in [3.8, 4) is 0 Å². The number of rotatable bonds is 3. The molecule has 3 rings (SSSR count). The Morgan fingerprint density at radius 3 is 2.15 bits per heavy atom. The van der Waals surface area contributed by atoms with Gasteiger partial charge in [-0.25, -0.2) is 8.78 Å². The molecular formula is C17H17F2N. The number of nitrogens with one attached hydrogen (secondary N) is 1. The fourth-order valence-electron chi connectivity index (χ4n) is 2.72. The van der Waals surface area contributed by atoms with Gasteiger partial charge in [-0.2, -0.15) is 0 Å². The first-order chi connectivity index (χ1) is 9.60. The average Bonchev–Trinajstić information content (AvgIpc) is 2.33. The summed E-state index contributed by atoms with van der Waals surface area (Å²) in [6.07, 6.45) is 2.00. The molecule has 104 valence electrons. The Labute approximate surface area is 117 Å². The molecule has 0 saturated heterocycles. The number of anilines is 1. The summed E-state index contributed by atoms with van der Waals surface area (Å²) in [5.41, 5.74) is 3.13. The minimum Gasteiger partial charge on any atom is -0.382 e. The average molecular weight is 273 g/mol. The third-order valence-electron chi connectivity index (χ3n) is 3.92. The van der Waals surface area contributed by atoms with E-state index in [1.54, 1.807) is 0 Å². The first-order valence-corrected chi connectivity index (χ1v) is 6.89. The maximum absolute atomic E-state index is 13.1. The molecule has 1 saturated carbocycles. The van der Waals surface area contributed by atoms with Gasteiger partial charge in [-0.3, -0.25) is 0 Å². The van der Waals surface area contributed by atoms with Gasteiger partial charge in [-0.1, -0.05) is 29.8 Å². The van der Waals surface area contributed by atoms with Gasteiger partial charge in [0, 0.05) is 17.8 Å². The maximum atomic E-state index is 13.1. The Bertz CT molecular complexity index is 581. The van der Waals surface area contributed by atoms with Gasteiger partial charge < -0.3 is 5.32 Å². The van der Waals surface area contributed by atoms with Gasteiger partial charge in [-0.15, -0.1) is 0 Å². The van der Waals surface area contributed by atoms with Crippen LogP contribution in [0.5, 0.6) is 0 Å². The van der Waals surface area contributed by atoms with Gasteiger partial charge in [0.2, 0.25) is 0 Å². The summed E-state index contributed by atoms with van der Waals surface area (Å²) in [6.45, 7) is 2.08. The van der Waals surface area contributed by atoms with Crippen LogP contribution in [0.4, 0.5) is 14.5 Å². The summed E-state index contributed by atoms with van der Waals surface area (Å²) in [6, 6.07) is 12.4. The first kappa shape index (κ1) is 13.1. The molecule has 2 aromatic rings. The molecule has 0 aromatic heterocycles. The van der Waals surface area contributed by atoms with E-state index in [0.717, 1.165) is 18.9 Å². The van der Waals surface area contributed by atoms with E-state index in [1.807, 2.05) is 0 Å². The van der Waals surface area contributed by atoms with E-state index >= 15 is 0 Å². The van der Waals surface area contributed by atoms with Crippen LogP contribution in [0.3, 0.4) is 0 Å². The molecule has 0 radical (unpaired) electrons. The standard InChI is InChI=1S/C17H17F2N/c1-11-2-4-12(5-3-11)13-6-16(7-13)20-17-9-14(18)8-15(19)10-17/h2-5,8-10,13,16,20H,6-7H2,1H3. The molecule has 20 heavy (non-hydrogen) atoms. The molecule has 3 heteroatoms. The van der Waals surface area contributed by atoms with Crippen LogP contribution < -0.4 is 5.32 Å². The van der Waals surface area contributed by atoms with Crippen LogP contribution in [0.1, 0.15) is 29.9 Å². The van der Waals surface area contributed by atoms with Crippen molar-refractivity contribution in [1.82, 2.24) is 0 Å². The maximum Gasteiger partial charge on any atom is 0.128 e. The van der Waals surface area contributed by atoms with E-state index in [4.69, 9.17) is 0 Å². The fraction of sp³-hybridized carbons (Fsp3) is 0.294.